The molecule has 17 heavy (non-hydrogen) atoms. The second-order valence-electron chi connectivity index (χ2n) is 3.56. The number of rotatable bonds is 2. The molecule has 0 saturated carbocycles. The van der Waals surface area contributed by atoms with Crippen molar-refractivity contribution in [3.8, 4) is 0 Å². The average Bonchev–Trinajstić information content (AvgIpc) is 2.80. The highest BCUT2D eigenvalue weighted by molar-refractivity contribution is 7.03. The van der Waals surface area contributed by atoms with Gasteiger partial charge in [-0.1, -0.05) is 11.4 Å². The van der Waals surface area contributed by atoms with Gasteiger partial charge in [0.15, 0.2) is 5.69 Å². The largest absolute Gasteiger partial charge is 0.316 e. The number of nitrogens with zero attached hydrogens (tertiary/aromatic N) is 3. The van der Waals surface area contributed by atoms with Crippen LogP contribution in [0.4, 0.5) is 0 Å². The standard InChI is InChI=1S/C9H10N4O3S/c1-2-6-8(15)10-7(14)3-13(6)9(16)5-4-17-12-11-5/h4,6H,2-3H2,1H3,(H,10,14,15). The van der Waals surface area contributed by atoms with Crippen molar-refractivity contribution in [1.82, 2.24) is 19.8 Å². The molecule has 1 fully saturated rings. The number of carbonyl (C=O) groups is 3. The zero-order valence-corrected chi connectivity index (χ0v) is 9.86. The average molecular weight is 254 g/mol. The van der Waals surface area contributed by atoms with Crippen molar-refractivity contribution >= 4 is 29.3 Å². The van der Waals surface area contributed by atoms with E-state index in [4.69, 9.17) is 0 Å². The predicted octanol–water partition coefficient (Wildman–Crippen LogP) is -0.585. The Hall–Kier alpha value is -1.83. The van der Waals surface area contributed by atoms with Crippen LogP contribution in [-0.2, 0) is 9.59 Å². The topological polar surface area (TPSA) is 92.3 Å². The first-order chi connectivity index (χ1) is 8.13. The van der Waals surface area contributed by atoms with Crippen LogP contribution in [0, 0.1) is 0 Å². The van der Waals surface area contributed by atoms with E-state index in [2.05, 4.69) is 14.9 Å². The number of aromatic nitrogens is 2. The molecule has 3 amide bonds. The van der Waals surface area contributed by atoms with Crippen molar-refractivity contribution in [2.24, 2.45) is 0 Å². The van der Waals surface area contributed by atoms with Gasteiger partial charge in [0.25, 0.3) is 5.91 Å². The minimum atomic E-state index is -0.623. The molecule has 0 radical (unpaired) electrons. The van der Waals surface area contributed by atoms with Gasteiger partial charge in [0, 0.05) is 5.38 Å². The summed E-state index contributed by atoms with van der Waals surface area (Å²) < 4.78 is 3.59. The smallest absolute Gasteiger partial charge is 0.276 e. The van der Waals surface area contributed by atoms with Crippen LogP contribution in [0.2, 0.25) is 0 Å². The molecule has 0 aromatic carbocycles. The molecule has 1 atom stereocenters. The summed E-state index contributed by atoms with van der Waals surface area (Å²) in [5.74, 6) is -1.36. The molecule has 1 aromatic heterocycles. The predicted molar refractivity (Wildman–Crippen MR) is 58.2 cm³/mol. The van der Waals surface area contributed by atoms with E-state index in [1.165, 1.54) is 10.3 Å². The third kappa shape index (κ3) is 2.16. The molecule has 0 spiro atoms. The lowest BCUT2D eigenvalue weighted by Crippen LogP contribution is -2.59. The van der Waals surface area contributed by atoms with Crippen LogP contribution in [0.3, 0.4) is 0 Å². The van der Waals surface area contributed by atoms with Gasteiger partial charge in [-0.3, -0.25) is 19.7 Å². The molecule has 90 valence electrons. The summed E-state index contributed by atoms with van der Waals surface area (Å²) in [6.07, 6.45) is 0.447. The highest BCUT2D eigenvalue weighted by atomic mass is 32.1. The number of hydrogen-bond acceptors (Lipinski definition) is 6. The summed E-state index contributed by atoms with van der Waals surface area (Å²) >= 11 is 1.05. The van der Waals surface area contributed by atoms with Crippen molar-refractivity contribution in [2.45, 2.75) is 19.4 Å². The first kappa shape index (κ1) is 11.6. The first-order valence-corrected chi connectivity index (χ1v) is 5.89. The highest BCUT2D eigenvalue weighted by Crippen LogP contribution is 2.13. The maximum atomic E-state index is 12.0. The maximum absolute atomic E-state index is 12.0. The van der Waals surface area contributed by atoms with E-state index in [1.807, 2.05) is 0 Å². The van der Waals surface area contributed by atoms with Gasteiger partial charge in [-0.05, 0) is 18.0 Å². The Balaban J connectivity index is 2.25. The van der Waals surface area contributed by atoms with E-state index in [0.717, 1.165) is 11.5 Å². The minimum Gasteiger partial charge on any atom is -0.316 e. The van der Waals surface area contributed by atoms with Gasteiger partial charge in [-0.2, -0.15) is 0 Å². The van der Waals surface area contributed by atoms with E-state index in [-0.39, 0.29) is 12.2 Å². The molecule has 7 nitrogen and oxygen atoms in total. The van der Waals surface area contributed by atoms with Crippen molar-refractivity contribution in [2.75, 3.05) is 6.54 Å². The lowest BCUT2D eigenvalue weighted by Gasteiger charge is -2.32. The fraction of sp³-hybridized carbons (Fsp3) is 0.444. The van der Waals surface area contributed by atoms with Gasteiger partial charge >= 0.3 is 0 Å². The van der Waals surface area contributed by atoms with Crippen LogP contribution in [0.15, 0.2) is 5.38 Å². The Kier molecular flexibility index (Phi) is 3.14. The quantitative estimate of drug-likeness (QED) is 0.712. The maximum Gasteiger partial charge on any atom is 0.276 e. The number of nitrogens with one attached hydrogen (secondary N) is 1. The molecular weight excluding hydrogens is 244 g/mol. The molecule has 1 aliphatic rings. The molecule has 8 heteroatoms. The molecular formula is C9H10N4O3S. The number of amides is 3. The SMILES string of the molecule is CCC1C(=O)NC(=O)CN1C(=O)c1csnn1. The van der Waals surface area contributed by atoms with Gasteiger partial charge < -0.3 is 4.90 Å². The Morgan fingerprint density at radius 1 is 1.65 bits per heavy atom. The number of hydrogen-bond donors (Lipinski definition) is 1. The van der Waals surface area contributed by atoms with Crippen LogP contribution >= 0.6 is 11.5 Å². The molecule has 2 heterocycles. The summed E-state index contributed by atoms with van der Waals surface area (Å²) in [6.45, 7) is 1.65. The van der Waals surface area contributed by atoms with Gasteiger partial charge in [0.2, 0.25) is 11.8 Å². The first-order valence-electron chi connectivity index (χ1n) is 5.05. The van der Waals surface area contributed by atoms with E-state index in [9.17, 15) is 14.4 Å². The molecule has 0 aliphatic carbocycles. The second-order valence-corrected chi connectivity index (χ2v) is 4.17. The summed E-state index contributed by atoms with van der Waals surface area (Å²) in [6, 6.07) is -0.623. The summed E-state index contributed by atoms with van der Waals surface area (Å²) in [5, 5.41) is 7.34. The fourth-order valence-corrected chi connectivity index (χ4v) is 2.12. The van der Waals surface area contributed by atoms with Crippen molar-refractivity contribution in [1.29, 1.82) is 0 Å². The molecule has 1 aliphatic heterocycles. The lowest BCUT2D eigenvalue weighted by atomic mass is 10.1. The Labute approximate surface area is 101 Å². The molecule has 1 N–H and O–H groups in total. The van der Waals surface area contributed by atoms with Crippen LogP contribution in [0.25, 0.3) is 0 Å². The highest BCUT2D eigenvalue weighted by Gasteiger charge is 2.36. The third-order valence-corrected chi connectivity index (χ3v) is 2.99. The van der Waals surface area contributed by atoms with Gasteiger partial charge in [-0.15, -0.1) is 5.10 Å². The fourth-order valence-electron chi connectivity index (χ4n) is 1.69. The zero-order chi connectivity index (χ0) is 12.4. The van der Waals surface area contributed by atoms with E-state index < -0.39 is 23.8 Å². The summed E-state index contributed by atoms with van der Waals surface area (Å²) in [7, 11) is 0. The van der Waals surface area contributed by atoms with Gasteiger partial charge in [0.1, 0.15) is 12.6 Å². The zero-order valence-electron chi connectivity index (χ0n) is 9.04. The van der Waals surface area contributed by atoms with Crippen molar-refractivity contribution in [3.05, 3.63) is 11.1 Å². The van der Waals surface area contributed by atoms with E-state index in [0.29, 0.717) is 6.42 Å². The Morgan fingerprint density at radius 2 is 2.41 bits per heavy atom. The molecule has 0 bridgehead atoms. The molecule has 1 saturated heterocycles. The molecule has 1 unspecified atom stereocenters. The second kappa shape index (κ2) is 4.58. The summed E-state index contributed by atoms with van der Waals surface area (Å²) in [5.41, 5.74) is 0.163. The monoisotopic (exact) mass is 254 g/mol. The van der Waals surface area contributed by atoms with Crippen molar-refractivity contribution in [3.63, 3.8) is 0 Å². The normalized spacial score (nSPS) is 20.3. The lowest BCUT2D eigenvalue weighted by molar-refractivity contribution is -0.138. The summed E-state index contributed by atoms with van der Waals surface area (Å²) in [4.78, 5) is 36.1. The number of piperazine rings is 1. The van der Waals surface area contributed by atoms with Crippen LogP contribution < -0.4 is 5.32 Å². The number of carbonyl (C=O) groups excluding carboxylic acids is 3. The van der Waals surface area contributed by atoms with Crippen LogP contribution in [0.5, 0.6) is 0 Å². The van der Waals surface area contributed by atoms with Crippen LogP contribution in [0.1, 0.15) is 23.8 Å². The van der Waals surface area contributed by atoms with Gasteiger partial charge in [0.05, 0.1) is 0 Å². The van der Waals surface area contributed by atoms with Gasteiger partial charge in [-0.25, -0.2) is 0 Å². The molecule has 1 aromatic rings. The Bertz CT molecular complexity index is 459. The molecule has 2 rings (SSSR count). The third-order valence-electron chi connectivity index (χ3n) is 2.48. The van der Waals surface area contributed by atoms with Crippen LogP contribution in [-0.4, -0.2) is 44.8 Å². The minimum absolute atomic E-state index is 0.124. The number of imide groups is 1. The van der Waals surface area contributed by atoms with Crippen molar-refractivity contribution < 1.29 is 14.4 Å². The Morgan fingerprint density at radius 3 is 3.00 bits per heavy atom. The van der Waals surface area contributed by atoms with E-state index in [1.54, 1.807) is 6.92 Å². The van der Waals surface area contributed by atoms with E-state index >= 15 is 0 Å².